The molecular formula is C13H13F3N2. The Balaban J connectivity index is 2.64. The van der Waals surface area contributed by atoms with E-state index in [2.05, 4.69) is 5.10 Å². The van der Waals surface area contributed by atoms with E-state index >= 15 is 0 Å². The van der Waals surface area contributed by atoms with Gasteiger partial charge in [-0.15, -0.1) is 0 Å². The molecule has 2 nitrogen and oxygen atoms in total. The largest absolute Gasteiger partial charge is 0.433 e. The minimum absolute atomic E-state index is 0.436. The summed E-state index contributed by atoms with van der Waals surface area (Å²) >= 11 is 0. The van der Waals surface area contributed by atoms with Crippen LogP contribution in [0.25, 0.3) is 5.69 Å². The molecule has 1 aromatic carbocycles. The van der Waals surface area contributed by atoms with Crippen molar-refractivity contribution in [2.24, 2.45) is 0 Å². The highest BCUT2D eigenvalue weighted by atomic mass is 19.4. The van der Waals surface area contributed by atoms with Crippen molar-refractivity contribution in [3.05, 3.63) is 47.3 Å². The van der Waals surface area contributed by atoms with Gasteiger partial charge in [0.15, 0.2) is 0 Å². The lowest BCUT2D eigenvalue weighted by molar-refractivity contribution is -0.142. The van der Waals surface area contributed by atoms with E-state index in [1.165, 1.54) is 0 Å². The van der Waals surface area contributed by atoms with E-state index in [-0.39, 0.29) is 0 Å². The monoisotopic (exact) mass is 254 g/mol. The second-order valence-corrected chi connectivity index (χ2v) is 4.07. The molecule has 96 valence electrons. The molecule has 2 aromatic rings. The average Bonchev–Trinajstić information content (AvgIpc) is 2.73. The summed E-state index contributed by atoms with van der Waals surface area (Å²) in [5, 5.41) is 4.02. The number of para-hydroxylation sites is 1. The Morgan fingerprint density at radius 1 is 1.22 bits per heavy atom. The number of alkyl halides is 3. The molecule has 0 spiro atoms. The zero-order valence-electron chi connectivity index (χ0n) is 10.1. The lowest BCUT2D eigenvalue weighted by Crippen LogP contribution is -2.13. The van der Waals surface area contributed by atoms with E-state index in [9.17, 15) is 13.2 Å². The first-order chi connectivity index (χ1) is 8.43. The average molecular weight is 254 g/mol. The van der Waals surface area contributed by atoms with Crippen LogP contribution in [-0.2, 0) is 12.6 Å². The van der Waals surface area contributed by atoms with Gasteiger partial charge >= 0.3 is 6.18 Å². The summed E-state index contributed by atoms with van der Waals surface area (Å²) in [4.78, 5) is 0. The standard InChI is InChI=1S/C13H13F3N2/c1-3-10-8-12(13(14,15)16)18(17-10)11-7-5-4-6-9(11)2/h4-8H,3H2,1-2H3. The molecule has 0 amide bonds. The molecule has 5 heteroatoms. The van der Waals surface area contributed by atoms with Gasteiger partial charge in [-0.25, -0.2) is 4.68 Å². The van der Waals surface area contributed by atoms with Gasteiger partial charge in [-0.1, -0.05) is 25.1 Å². The van der Waals surface area contributed by atoms with Gasteiger partial charge in [-0.05, 0) is 31.0 Å². The Bertz CT molecular complexity index is 556. The predicted octanol–water partition coefficient (Wildman–Crippen LogP) is 3.76. The summed E-state index contributed by atoms with van der Waals surface area (Å²) < 4.78 is 39.8. The number of halogens is 3. The van der Waals surface area contributed by atoms with Gasteiger partial charge in [0.05, 0.1) is 11.4 Å². The van der Waals surface area contributed by atoms with Crippen LogP contribution in [0.5, 0.6) is 0 Å². The second kappa shape index (κ2) is 4.48. The molecule has 0 aliphatic rings. The number of rotatable bonds is 2. The summed E-state index contributed by atoms with van der Waals surface area (Å²) in [7, 11) is 0. The number of aryl methyl sites for hydroxylation is 2. The van der Waals surface area contributed by atoms with E-state index in [1.807, 2.05) is 0 Å². The predicted molar refractivity (Wildman–Crippen MR) is 62.7 cm³/mol. The third-order valence-electron chi connectivity index (χ3n) is 2.76. The molecule has 2 rings (SSSR count). The van der Waals surface area contributed by atoms with Crippen molar-refractivity contribution in [2.75, 3.05) is 0 Å². The number of hydrogen-bond acceptors (Lipinski definition) is 1. The first kappa shape index (κ1) is 12.7. The summed E-state index contributed by atoms with van der Waals surface area (Å²) in [6.07, 6.45) is -3.93. The van der Waals surface area contributed by atoms with E-state index < -0.39 is 11.9 Å². The maximum Gasteiger partial charge on any atom is 0.433 e. The van der Waals surface area contributed by atoms with Crippen molar-refractivity contribution in [1.29, 1.82) is 0 Å². The van der Waals surface area contributed by atoms with E-state index in [0.717, 1.165) is 16.3 Å². The smallest absolute Gasteiger partial charge is 0.228 e. The van der Waals surface area contributed by atoms with Crippen LogP contribution in [0, 0.1) is 6.92 Å². The van der Waals surface area contributed by atoms with Crippen LogP contribution in [0.2, 0.25) is 0 Å². The van der Waals surface area contributed by atoms with Crippen LogP contribution in [0.15, 0.2) is 30.3 Å². The summed E-state index contributed by atoms with van der Waals surface area (Å²) in [6.45, 7) is 3.55. The number of hydrogen-bond donors (Lipinski definition) is 0. The third-order valence-corrected chi connectivity index (χ3v) is 2.76. The second-order valence-electron chi connectivity index (χ2n) is 4.07. The summed E-state index contributed by atoms with van der Waals surface area (Å²) in [5.74, 6) is 0. The van der Waals surface area contributed by atoms with Crippen LogP contribution in [0.3, 0.4) is 0 Å². The van der Waals surface area contributed by atoms with Crippen LogP contribution in [-0.4, -0.2) is 9.78 Å². The lowest BCUT2D eigenvalue weighted by atomic mass is 10.2. The maximum atomic E-state index is 13.0. The number of aromatic nitrogens is 2. The lowest BCUT2D eigenvalue weighted by Gasteiger charge is -2.11. The van der Waals surface area contributed by atoms with Gasteiger partial charge in [0, 0.05) is 0 Å². The van der Waals surface area contributed by atoms with Crippen LogP contribution < -0.4 is 0 Å². The molecule has 0 radical (unpaired) electrons. The summed E-state index contributed by atoms with van der Waals surface area (Å²) in [6, 6.07) is 8.00. The minimum Gasteiger partial charge on any atom is -0.228 e. The molecule has 1 aromatic heterocycles. The fourth-order valence-corrected chi connectivity index (χ4v) is 1.79. The molecule has 0 bridgehead atoms. The molecule has 18 heavy (non-hydrogen) atoms. The topological polar surface area (TPSA) is 17.8 Å². The van der Waals surface area contributed by atoms with Crippen molar-refractivity contribution in [2.45, 2.75) is 26.4 Å². The zero-order valence-corrected chi connectivity index (χ0v) is 10.1. The molecule has 0 saturated carbocycles. The highest BCUT2D eigenvalue weighted by Gasteiger charge is 2.36. The van der Waals surface area contributed by atoms with Gasteiger partial charge in [0.25, 0.3) is 0 Å². The van der Waals surface area contributed by atoms with Crippen molar-refractivity contribution < 1.29 is 13.2 Å². The third kappa shape index (κ3) is 2.25. The Kier molecular flexibility index (Phi) is 3.15. The molecule has 0 atom stereocenters. The Labute approximate surface area is 103 Å². The molecule has 0 aliphatic heterocycles. The highest BCUT2D eigenvalue weighted by molar-refractivity contribution is 5.41. The number of benzene rings is 1. The SMILES string of the molecule is CCc1cc(C(F)(F)F)n(-c2ccccc2C)n1. The van der Waals surface area contributed by atoms with Crippen molar-refractivity contribution in [3.8, 4) is 5.69 Å². The van der Waals surface area contributed by atoms with Gasteiger partial charge < -0.3 is 0 Å². The fraction of sp³-hybridized carbons (Fsp3) is 0.308. The molecular weight excluding hydrogens is 241 g/mol. The van der Waals surface area contributed by atoms with Crippen LogP contribution in [0.1, 0.15) is 23.9 Å². The van der Waals surface area contributed by atoms with E-state index in [1.54, 1.807) is 38.1 Å². The van der Waals surface area contributed by atoms with E-state index in [4.69, 9.17) is 0 Å². The maximum absolute atomic E-state index is 13.0. The van der Waals surface area contributed by atoms with Gasteiger partial charge in [-0.2, -0.15) is 18.3 Å². The molecule has 0 unspecified atom stereocenters. The van der Waals surface area contributed by atoms with Crippen molar-refractivity contribution >= 4 is 0 Å². The fourth-order valence-electron chi connectivity index (χ4n) is 1.79. The van der Waals surface area contributed by atoms with Crippen LogP contribution >= 0.6 is 0 Å². The van der Waals surface area contributed by atoms with Gasteiger partial charge in [0.2, 0.25) is 0 Å². The van der Waals surface area contributed by atoms with Crippen molar-refractivity contribution in [3.63, 3.8) is 0 Å². The Morgan fingerprint density at radius 2 is 1.89 bits per heavy atom. The van der Waals surface area contributed by atoms with Crippen molar-refractivity contribution in [1.82, 2.24) is 9.78 Å². The highest BCUT2D eigenvalue weighted by Crippen LogP contribution is 2.32. The normalized spacial score (nSPS) is 11.8. The molecule has 1 heterocycles. The quantitative estimate of drug-likeness (QED) is 0.797. The molecule has 0 aliphatic carbocycles. The minimum atomic E-state index is -4.40. The number of nitrogens with zero attached hydrogens (tertiary/aromatic N) is 2. The van der Waals surface area contributed by atoms with E-state index in [0.29, 0.717) is 17.8 Å². The van der Waals surface area contributed by atoms with Gasteiger partial charge in [-0.3, -0.25) is 0 Å². The first-order valence-corrected chi connectivity index (χ1v) is 5.65. The first-order valence-electron chi connectivity index (χ1n) is 5.65. The van der Waals surface area contributed by atoms with Gasteiger partial charge in [0.1, 0.15) is 5.69 Å². The summed E-state index contributed by atoms with van der Waals surface area (Å²) in [5.41, 5.74) is 0.928. The molecule has 0 N–H and O–H groups in total. The molecule has 0 fully saturated rings. The molecule has 0 saturated heterocycles. The van der Waals surface area contributed by atoms with Crippen LogP contribution in [0.4, 0.5) is 13.2 Å². The zero-order chi connectivity index (χ0) is 13.3. The Morgan fingerprint density at radius 3 is 2.44 bits per heavy atom. The Hall–Kier alpha value is -1.78.